The Bertz CT molecular complexity index is 1030. The lowest BCUT2D eigenvalue weighted by molar-refractivity contribution is 0.0324. The maximum absolute atomic E-state index is 13.6. The highest BCUT2D eigenvalue weighted by molar-refractivity contribution is 6.61. The lowest BCUT2D eigenvalue weighted by atomic mass is 9.77. The highest BCUT2D eigenvalue weighted by Gasteiger charge is 2.47. The van der Waals surface area contributed by atoms with E-state index >= 15 is 0 Å². The molecule has 176 valence electrons. The third kappa shape index (κ3) is 5.02. The van der Waals surface area contributed by atoms with Gasteiger partial charge in [0.15, 0.2) is 0 Å². The molecule has 5 rings (SSSR count). The summed E-state index contributed by atoms with van der Waals surface area (Å²) in [7, 11) is -0.369. The number of aromatic nitrogens is 2. The van der Waals surface area contributed by atoms with Gasteiger partial charge in [-0.05, 0) is 48.5 Å². The van der Waals surface area contributed by atoms with Crippen LogP contribution in [-0.2, 0) is 15.9 Å². The van der Waals surface area contributed by atoms with E-state index in [1.165, 1.54) is 64.2 Å². The molecule has 0 amide bonds. The summed E-state index contributed by atoms with van der Waals surface area (Å²) in [5.41, 5.74) is 0.177. The van der Waals surface area contributed by atoms with Crippen LogP contribution >= 0.6 is 0 Å². The minimum Gasteiger partial charge on any atom is -0.402 e. The van der Waals surface area contributed by atoms with Crippen LogP contribution in [0.1, 0.15) is 69.8 Å². The van der Waals surface area contributed by atoms with Gasteiger partial charge in [0, 0.05) is 0 Å². The van der Waals surface area contributed by atoms with Crippen LogP contribution in [0.3, 0.4) is 0 Å². The van der Waals surface area contributed by atoms with E-state index in [1.54, 1.807) is 0 Å². The lowest BCUT2D eigenvalue weighted by Crippen LogP contribution is -2.38. The molecule has 2 saturated carbocycles. The molecule has 1 aliphatic heterocycles. The van der Waals surface area contributed by atoms with Crippen LogP contribution < -0.4 is 16.7 Å². The molecule has 3 aliphatic rings. The summed E-state index contributed by atoms with van der Waals surface area (Å²) in [6, 6.07) is 7.74. The van der Waals surface area contributed by atoms with Crippen LogP contribution in [0.2, 0.25) is 0 Å². The molecule has 0 radical (unpaired) electrons. The lowest BCUT2D eigenvalue weighted by Gasteiger charge is -2.35. The molecule has 0 spiro atoms. The molecule has 1 aromatic heterocycles. The van der Waals surface area contributed by atoms with Crippen molar-refractivity contribution in [1.82, 2.24) is 9.55 Å². The summed E-state index contributed by atoms with van der Waals surface area (Å²) < 4.78 is 27.9. The summed E-state index contributed by atoms with van der Waals surface area (Å²) in [4.78, 5) is 25.2. The molecule has 2 atom stereocenters. The Kier molecular flexibility index (Phi) is 6.83. The number of benzene rings is 1. The van der Waals surface area contributed by atoms with Crippen molar-refractivity contribution in [1.29, 1.82) is 0 Å². The molecule has 33 heavy (non-hydrogen) atoms. The quantitative estimate of drug-likeness (QED) is 0.704. The Morgan fingerprint density at radius 2 is 1.42 bits per heavy atom. The SMILES string of the molecule is O=c1[nH]c(=O)n(Cc2ccc(B3OC(C4CCCCC4)C(C4CCCCC4)O3)cc2)cc1F. The van der Waals surface area contributed by atoms with Crippen LogP contribution in [-0.4, -0.2) is 28.9 Å². The van der Waals surface area contributed by atoms with E-state index in [-0.39, 0.29) is 25.9 Å². The van der Waals surface area contributed by atoms with Crippen LogP contribution in [0.15, 0.2) is 40.1 Å². The van der Waals surface area contributed by atoms with E-state index in [4.69, 9.17) is 9.31 Å². The minimum absolute atomic E-state index is 0.167. The number of H-pyrrole nitrogens is 1. The second-order valence-corrected chi connectivity index (χ2v) is 9.94. The number of hydrogen-bond acceptors (Lipinski definition) is 4. The molecule has 2 heterocycles. The summed E-state index contributed by atoms with van der Waals surface area (Å²) in [5, 5.41) is 0. The highest BCUT2D eigenvalue weighted by atomic mass is 19.1. The summed E-state index contributed by atoms with van der Waals surface area (Å²) in [6.45, 7) is 0.175. The third-order valence-electron chi connectivity index (χ3n) is 7.69. The van der Waals surface area contributed by atoms with Gasteiger partial charge in [0.25, 0.3) is 5.56 Å². The molecule has 2 unspecified atom stereocenters. The molecule has 6 nitrogen and oxygen atoms in total. The van der Waals surface area contributed by atoms with Gasteiger partial charge >= 0.3 is 12.8 Å². The number of rotatable bonds is 5. The average Bonchev–Trinajstić information content (AvgIpc) is 3.30. The van der Waals surface area contributed by atoms with Gasteiger partial charge < -0.3 is 9.31 Å². The van der Waals surface area contributed by atoms with Gasteiger partial charge in [-0.25, -0.2) is 4.79 Å². The Labute approximate surface area is 193 Å². The Morgan fingerprint density at radius 3 is 1.97 bits per heavy atom. The Balaban J connectivity index is 1.31. The van der Waals surface area contributed by atoms with Gasteiger partial charge in [-0.2, -0.15) is 4.39 Å². The third-order valence-corrected chi connectivity index (χ3v) is 7.69. The highest BCUT2D eigenvalue weighted by Crippen LogP contribution is 2.40. The molecule has 2 aliphatic carbocycles. The van der Waals surface area contributed by atoms with E-state index in [9.17, 15) is 14.0 Å². The number of nitrogens with one attached hydrogen (secondary N) is 1. The molecule has 2 aromatic rings. The van der Waals surface area contributed by atoms with Crippen molar-refractivity contribution in [2.45, 2.75) is 83.0 Å². The maximum atomic E-state index is 13.6. The van der Waals surface area contributed by atoms with E-state index < -0.39 is 17.1 Å². The predicted molar refractivity (Wildman–Crippen MR) is 125 cm³/mol. The minimum atomic E-state index is -0.998. The summed E-state index contributed by atoms with van der Waals surface area (Å²) in [5.74, 6) is 0.190. The Morgan fingerprint density at radius 1 is 0.879 bits per heavy atom. The second-order valence-electron chi connectivity index (χ2n) is 9.94. The van der Waals surface area contributed by atoms with Crippen molar-refractivity contribution in [2.24, 2.45) is 11.8 Å². The first-order valence-corrected chi connectivity index (χ1v) is 12.5. The van der Waals surface area contributed by atoms with Gasteiger partial charge in [-0.15, -0.1) is 0 Å². The first-order valence-electron chi connectivity index (χ1n) is 12.5. The van der Waals surface area contributed by atoms with Crippen LogP contribution in [0.5, 0.6) is 0 Å². The first-order chi connectivity index (χ1) is 16.1. The van der Waals surface area contributed by atoms with E-state index in [0.717, 1.165) is 21.8 Å². The number of hydrogen-bond donors (Lipinski definition) is 1. The molecule has 8 heteroatoms. The van der Waals surface area contributed by atoms with Crippen molar-refractivity contribution in [2.75, 3.05) is 0 Å². The average molecular weight is 454 g/mol. The topological polar surface area (TPSA) is 73.3 Å². The zero-order valence-electron chi connectivity index (χ0n) is 19.0. The standard InChI is InChI=1S/C25H32BFN2O4/c27-21-16-29(25(31)28-24(21)30)15-17-11-13-20(14-12-17)26-32-22(18-7-3-1-4-8-18)23(33-26)19-9-5-2-6-10-19/h11-14,16,18-19,22-23H,1-10,15H2,(H,28,30,31). The number of aromatic amines is 1. The fourth-order valence-electron chi connectivity index (χ4n) is 5.89. The van der Waals surface area contributed by atoms with Crippen molar-refractivity contribution < 1.29 is 13.7 Å². The fraction of sp³-hybridized carbons (Fsp3) is 0.600. The normalized spacial score (nSPS) is 24.9. The zero-order chi connectivity index (χ0) is 22.8. The number of halogens is 1. The van der Waals surface area contributed by atoms with Gasteiger partial charge in [0.05, 0.1) is 24.9 Å². The fourth-order valence-corrected chi connectivity index (χ4v) is 5.89. The van der Waals surface area contributed by atoms with Crippen molar-refractivity contribution in [3.05, 3.63) is 62.7 Å². The first kappa shape index (κ1) is 22.6. The Hall–Kier alpha value is -2.19. The maximum Gasteiger partial charge on any atom is 0.494 e. The van der Waals surface area contributed by atoms with Crippen molar-refractivity contribution in [3.8, 4) is 0 Å². The van der Waals surface area contributed by atoms with Gasteiger partial charge in [-0.1, -0.05) is 62.8 Å². The summed E-state index contributed by atoms with van der Waals surface area (Å²) in [6.07, 6.45) is 14.0. The van der Waals surface area contributed by atoms with Crippen LogP contribution in [0.25, 0.3) is 0 Å². The summed E-state index contributed by atoms with van der Waals surface area (Å²) >= 11 is 0. The molecule has 1 saturated heterocycles. The molecule has 1 N–H and O–H groups in total. The predicted octanol–water partition coefficient (Wildman–Crippen LogP) is 3.36. The van der Waals surface area contributed by atoms with Gasteiger partial charge in [0.2, 0.25) is 5.82 Å². The van der Waals surface area contributed by atoms with E-state index in [0.29, 0.717) is 11.8 Å². The second kappa shape index (κ2) is 9.98. The van der Waals surface area contributed by atoms with Crippen LogP contribution in [0.4, 0.5) is 4.39 Å². The molecular weight excluding hydrogens is 422 g/mol. The zero-order valence-corrected chi connectivity index (χ0v) is 19.0. The van der Waals surface area contributed by atoms with E-state index in [2.05, 4.69) is 0 Å². The number of nitrogens with zero attached hydrogens (tertiary/aromatic N) is 1. The van der Waals surface area contributed by atoms with Gasteiger partial charge in [-0.3, -0.25) is 14.3 Å². The molecule has 3 fully saturated rings. The van der Waals surface area contributed by atoms with Crippen molar-refractivity contribution in [3.63, 3.8) is 0 Å². The van der Waals surface area contributed by atoms with Gasteiger partial charge in [0.1, 0.15) is 0 Å². The molecule has 0 bridgehead atoms. The smallest absolute Gasteiger partial charge is 0.402 e. The largest absolute Gasteiger partial charge is 0.494 e. The monoisotopic (exact) mass is 454 g/mol. The van der Waals surface area contributed by atoms with Crippen molar-refractivity contribution >= 4 is 12.6 Å². The molecular formula is C25H32BFN2O4. The molecule has 1 aromatic carbocycles. The van der Waals surface area contributed by atoms with Crippen LogP contribution in [0, 0.1) is 17.7 Å². The van der Waals surface area contributed by atoms with E-state index in [1.807, 2.05) is 29.2 Å².